The molecule has 3 aromatic carbocycles. The summed E-state index contributed by atoms with van der Waals surface area (Å²) in [6.45, 7) is 6.84. The molecule has 0 saturated heterocycles. The van der Waals surface area contributed by atoms with Crippen molar-refractivity contribution in [3.8, 4) is 0 Å². The van der Waals surface area contributed by atoms with E-state index in [1.807, 2.05) is 32.9 Å². The Labute approximate surface area is 247 Å². The molecule has 2 atom stereocenters. The van der Waals surface area contributed by atoms with Gasteiger partial charge in [0.25, 0.3) is 10.0 Å². The lowest BCUT2D eigenvalue weighted by atomic mass is 10.1. The molecule has 0 spiro atoms. The summed E-state index contributed by atoms with van der Waals surface area (Å²) < 4.78 is 29.0. The zero-order valence-electron chi connectivity index (χ0n) is 23.1. The fraction of sp³-hybridized carbons (Fsp3) is 0.333. The molecule has 0 aliphatic rings. The van der Waals surface area contributed by atoms with Crippen LogP contribution < -0.4 is 9.62 Å². The minimum atomic E-state index is -4.13. The van der Waals surface area contributed by atoms with Crippen LogP contribution in [0, 0.1) is 0 Å². The Balaban J connectivity index is 2.07. The number of rotatable bonds is 12. The molecule has 40 heavy (non-hydrogen) atoms. The van der Waals surface area contributed by atoms with Gasteiger partial charge in [-0.2, -0.15) is 0 Å². The number of carbonyl (C=O) groups excluding carboxylic acids is 2. The highest BCUT2D eigenvalue weighted by Crippen LogP contribution is 2.29. The van der Waals surface area contributed by atoms with Crippen LogP contribution in [-0.2, 0) is 32.6 Å². The fourth-order valence-corrected chi connectivity index (χ4v) is 6.11. The first-order valence-electron chi connectivity index (χ1n) is 13.2. The van der Waals surface area contributed by atoms with Gasteiger partial charge in [-0.05, 0) is 68.1 Å². The van der Waals surface area contributed by atoms with Crippen LogP contribution in [0.15, 0.2) is 77.7 Å². The van der Waals surface area contributed by atoms with Gasteiger partial charge in [-0.1, -0.05) is 79.5 Å². The standard InChI is InChI=1S/C30H35Cl2N3O4S/c1-5-21(3)33-30(37)22(4)34(19-24-16-17-25(31)18-27(24)32)29(36)20-35(28-15-11-10-12-23(28)6-2)40(38,39)26-13-8-7-9-14-26/h7-18,21-22H,5-6,19-20H2,1-4H3,(H,33,37)/t21-,22-/m1/s1. The Morgan fingerprint density at radius 2 is 1.55 bits per heavy atom. The van der Waals surface area contributed by atoms with Gasteiger partial charge in [0.15, 0.2) is 0 Å². The van der Waals surface area contributed by atoms with E-state index in [4.69, 9.17) is 23.2 Å². The van der Waals surface area contributed by atoms with Crippen molar-refractivity contribution in [3.05, 3.63) is 94.0 Å². The zero-order chi connectivity index (χ0) is 29.4. The predicted molar refractivity (Wildman–Crippen MR) is 161 cm³/mol. The number of carbonyl (C=O) groups is 2. The number of hydrogen-bond donors (Lipinski definition) is 1. The number of amides is 2. The third-order valence-electron chi connectivity index (χ3n) is 6.78. The van der Waals surface area contributed by atoms with Crippen LogP contribution >= 0.6 is 23.2 Å². The van der Waals surface area contributed by atoms with E-state index in [1.165, 1.54) is 17.0 Å². The predicted octanol–water partition coefficient (Wildman–Crippen LogP) is 6.08. The van der Waals surface area contributed by atoms with Crippen LogP contribution in [-0.4, -0.2) is 43.8 Å². The van der Waals surface area contributed by atoms with Gasteiger partial charge in [0.1, 0.15) is 12.6 Å². The molecular formula is C30H35Cl2N3O4S. The van der Waals surface area contributed by atoms with Crippen LogP contribution in [0.1, 0.15) is 45.2 Å². The van der Waals surface area contributed by atoms with Crippen LogP contribution in [0.2, 0.25) is 10.0 Å². The molecule has 0 unspecified atom stereocenters. The zero-order valence-corrected chi connectivity index (χ0v) is 25.4. The van der Waals surface area contributed by atoms with Crippen LogP contribution in [0.25, 0.3) is 0 Å². The Kier molecular flexibility index (Phi) is 11.0. The third kappa shape index (κ3) is 7.56. The number of para-hydroxylation sites is 1. The Morgan fingerprint density at radius 3 is 2.17 bits per heavy atom. The number of nitrogens with one attached hydrogen (secondary N) is 1. The number of sulfonamides is 1. The van der Waals surface area contributed by atoms with Gasteiger partial charge >= 0.3 is 0 Å². The summed E-state index contributed by atoms with van der Waals surface area (Å²) in [4.78, 5) is 28.6. The van der Waals surface area contributed by atoms with Gasteiger partial charge in [-0.3, -0.25) is 13.9 Å². The number of benzene rings is 3. The van der Waals surface area contributed by atoms with Gasteiger partial charge < -0.3 is 10.2 Å². The fourth-order valence-electron chi connectivity index (χ4n) is 4.17. The van der Waals surface area contributed by atoms with Gasteiger partial charge in [0, 0.05) is 22.6 Å². The second kappa shape index (κ2) is 14.0. The van der Waals surface area contributed by atoms with Crippen molar-refractivity contribution in [1.82, 2.24) is 10.2 Å². The van der Waals surface area contributed by atoms with E-state index < -0.39 is 28.5 Å². The maximum absolute atomic E-state index is 14.1. The highest BCUT2D eigenvalue weighted by Gasteiger charge is 2.33. The summed E-state index contributed by atoms with van der Waals surface area (Å²) in [6.07, 6.45) is 1.27. The topological polar surface area (TPSA) is 86.8 Å². The largest absolute Gasteiger partial charge is 0.352 e. The summed E-state index contributed by atoms with van der Waals surface area (Å²) in [5.74, 6) is -0.901. The van der Waals surface area contributed by atoms with Crippen molar-refractivity contribution in [2.75, 3.05) is 10.8 Å². The molecule has 0 heterocycles. The van der Waals surface area contributed by atoms with Gasteiger partial charge in [-0.25, -0.2) is 8.42 Å². The SMILES string of the molecule is CCc1ccccc1N(CC(=O)N(Cc1ccc(Cl)cc1Cl)[C@H](C)C(=O)N[C@H](C)CC)S(=O)(=O)c1ccccc1. The normalized spacial score (nSPS) is 12.8. The minimum absolute atomic E-state index is 0.0153. The number of halogens is 2. The second-order valence-corrected chi connectivity index (χ2v) is 12.3. The number of nitrogens with zero attached hydrogens (tertiary/aromatic N) is 2. The van der Waals surface area contributed by atoms with Crippen molar-refractivity contribution < 1.29 is 18.0 Å². The van der Waals surface area contributed by atoms with Crippen molar-refractivity contribution >= 4 is 50.7 Å². The van der Waals surface area contributed by atoms with Crippen molar-refractivity contribution in [1.29, 1.82) is 0 Å². The first-order chi connectivity index (χ1) is 19.0. The molecule has 0 radical (unpaired) electrons. The molecule has 1 N–H and O–H groups in total. The molecule has 0 aliphatic heterocycles. The van der Waals surface area contributed by atoms with Crippen molar-refractivity contribution in [3.63, 3.8) is 0 Å². The van der Waals surface area contributed by atoms with E-state index >= 15 is 0 Å². The summed E-state index contributed by atoms with van der Waals surface area (Å²) in [5.41, 5.74) is 1.75. The van der Waals surface area contributed by atoms with E-state index in [0.717, 1.165) is 9.87 Å². The third-order valence-corrected chi connectivity index (χ3v) is 9.14. The Morgan fingerprint density at radius 1 is 0.900 bits per heavy atom. The summed E-state index contributed by atoms with van der Waals surface area (Å²) in [7, 11) is -4.13. The van der Waals surface area contributed by atoms with E-state index in [9.17, 15) is 18.0 Å². The second-order valence-electron chi connectivity index (χ2n) is 9.56. The lowest BCUT2D eigenvalue weighted by Crippen LogP contribution is -2.52. The highest BCUT2D eigenvalue weighted by atomic mass is 35.5. The Bertz CT molecular complexity index is 1430. The molecule has 0 bridgehead atoms. The molecule has 0 fully saturated rings. The molecule has 10 heteroatoms. The molecule has 3 rings (SSSR count). The van der Waals surface area contributed by atoms with Crippen LogP contribution in [0.5, 0.6) is 0 Å². The van der Waals surface area contributed by atoms with Gasteiger partial charge in [-0.15, -0.1) is 0 Å². The maximum Gasteiger partial charge on any atom is 0.264 e. The van der Waals surface area contributed by atoms with Crippen molar-refractivity contribution in [2.24, 2.45) is 0 Å². The molecule has 2 amide bonds. The monoisotopic (exact) mass is 603 g/mol. The lowest BCUT2D eigenvalue weighted by Gasteiger charge is -2.33. The number of aryl methyl sites for hydroxylation is 1. The number of anilines is 1. The minimum Gasteiger partial charge on any atom is -0.352 e. The molecule has 3 aromatic rings. The van der Waals surface area contributed by atoms with Crippen LogP contribution in [0.4, 0.5) is 5.69 Å². The van der Waals surface area contributed by atoms with Crippen LogP contribution in [0.3, 0.4) is 0 Å². The van der Waals surface area contributed by atoms with E-state index in [2.05, 4.69) is 5.32 Å². The smallest absolute Gasteiger partial charge is 0.264 e. The molecule has 0 saturated carbocycles. The first kappa shape index (κ1) is 31.5. The van der Waals surface area contributed by atoms with Gasteiger partial charge in [0.2, 0.25) is 11.8 Å². The van der Waals surface area contributed by atoms with Crippen molar-refractivity contribution in [2.45, 2.75) is 64.1 Å². The van der Waals surface area contributed by atoms with E-state index in [1.54, 1.807) is 55.5 Å². The molecule has 0 aromatic heterocycles. The molecule has 0 aliphatic carbocycles. The number of hydrogen-bond acceptors (Lipinski definition) is 4. The Hall–Kier alpha value is -3.07. The first-order valence-corrected chi connectivity index (χ1v) is 15.4. The summed E-state index contributed by atoms with van der Waals surface area (Å²) >= 11 is 12.5. The average Bonchev–Trinajstić information content (AvgIpc) is 2.95. The lowest BCUT2D eigenvalue weighted by molar-refractivity contribution is -0.139. The van der Waals surface area contributed by atoms with Gasteiger partial charge in [0.05, 0.1) is 10.6 Å². The van der Waals surface area contributed by atoms with E-state index in [0.29, 0.717) is 34.1 Å². The molecular weight excluding hydrogens is 569 g/mol. The summed E-state index contributed by atoms with van der Waals surface area (Å²) in [6, 6.07) is 19.0. The quantitative estimate of drug-likeness (QED) is 0.272. The highest BCUT2D eigenvalue weighted by molar-refractivity contribution is 7.92. The van der Waals surface area contributed by atoms with E-state index in [-0.39, 0.29) is 23.4 Å². The average molecular weight is 605 g/mol. The molecule has 214 valence electrons. The summed E-state index contributed by atoms with van der Waals surface area (Å²) in [5, 5.41) is 3.69. The maximum atomic E-state index is 14.1. The molecule has 7 nitrogen and oxygen atoms in total.